The van der Waals surface area contributed by atoms with Crippen LogP contribution < -0.4 is 10.6 Å². The average Bonchev–Trinajstić information content (AvgIpc) is 2.64. The van der Waals surface area contributed by atoms with Crippen molar-refractivity contribution in [1.82, 2.24) is 5.32 Å². The molecule has 122 valence electrons. The molecule has 0 aromatic heterocycles. The van der Waals surface area contributed by atoms with Crippen LogP contribution in [-0.4, -0.2) is 25.5 Å². The molecule has 24 heavy (non-hydrogen) atoms. The molecule has 0 radical (unpaired) electrons. The number of anilines is 1. The van der Waals surface area contributed by atoms with Crippen LogP contribution in [0.25, 0.3) is 0 Å². The first-order valence-electron chi connectivity index (χ1n) is 7.30. The van der Waals surface area contributed by atoms with Crippen LogP contribution in [0.1, 0.15) is 21.5 Å². The molecule has 2 N–H and O–H groups in total. The third-order valence-electron chi connectivity index (χ3n) is 3.33. The Morgan fingerprint density at radius 3 is 2.33 bits per heavy atom. The molecule has 0 fully saturated rings. The number of benzene rings is 2. The van der Waals surface area contributed by atoms with Gasteiger partial charge in [0.1, 0.15) is 0 Å². The molecule has 0 aliphatic carbocycles. The van der Waals surface area contributed by atoms with Crippen molar-refractivity contribution in [2.75, 3.05) is 19.0 Å². The van der Waals surface area contributed by atoms with Crippen molar-refractivity contribution in [3.05, 3.63) is 65.2 Å². The summed E-state index contributed by atoms with van der Waals surface area (Å²) in [6.07, 6.45) is 0. The van der Waals surface area contributed by atoms with Gasteiger partial charge in [0.05, 0.1) is 30.9 Å². The summed E-state index contributed by atoms with van der Waals surface area (Å²) in [6, 6.07) is 15.7. The normalized spacial score (nSPS) is 9.67. The van der Waals surface area contributed by atoms with Crippen LogP contribution in [0.4, 0.5) is 5.69 Å². The zero-order valence-electron chi connectivity index (χ0n) is 13.2. The van der Waals surface area contributed by atoms with Gasteiger partial charge in [-0.15, -0.1) is 0 Å². The largest absolute Gasteiger partial charge is 0.465 e. The van der Waals surface area contributed by atoms with E-state index in [-0.39, 0.29) is 12.5 Å². The van der Waals surface area contributed by atoms with Crippen molar-refractivity contribution >= 4 is 17.6 Å². The lowest BCUT2D eigenvalue weighted by Crippen LogP contribution is -2.29. The van der Waals surface area contributed by atoms with Crippen LogP contribution in [0, 0.1) is 11.3 Å². The Labute approximate surface area is 140 Å². The predicted molar refractivity (Wildman–Crippen MR) is 89.3 cm³/mol. The first kappa shape index (κ1) is 17.0. The summed E-state index contributed by atoms with van der Waals surface area (Å²) in [5, 5.41) is 14.5. The molecular formula is C18H17N3O3. The van der Waals surface area contributed by atoms with Crippen molar-refractivity contribution in [2.24, 2.45) is 0 Å². The number of nitrogens with one attached hydrogen (secondary N) is 2. The molecule has 1 amide bonds. The van der Waals surface area contributed by atoms with E-state index in [1.807, 2.05) is 6.07 Å². The molecule has 0 saturated heterocycles. The van der Waals surface area contributed by atoms with Crippen LogP contribution in [-0.2, 0) is 16.1 Å². The van der Waals surface area contributed by atoms with E-state index >= 15 is 0 Å². The number of hydrogen-bond donors (Lipinski definition) is 2. The van der Waals surface area contributed by atoms with Crippen molar-refractivity contribution in [3.63, 3.8) is 0 Å². The van der Waals surface area contributed by atoms with E-state index in [4.69, 9.17) is 5.26 Å². The monoisotopic (exact) mass is 323 g/mol. The third kappa shape index (κ3) is 4.85. The molecule has 6 nitrogen and oxygen atoms in total. The van der Waals surface area contributed by atoms with Crippen molar-refractivity contribution in [2.45, 2.75) is 6.54 Å². The molecule has 0 unspecified atom stereocenters. The van der Waals surface area contributed by atoms with E-state index < -0.39 is 5.97 Å². The number of esters is 1. The Morgan fingerprint density at radius 2 is 1.75 bits per heavy atom. The summed E-state index contributed by atoms with van der Waals surface area (Å²) >= 11 is 0. The number of amides is 1. The van der Waals surface area contributed by atoms with Crippen molar-refractivity contribution < 1.29 is 14.3 Å². The van der Waals surface area contributed by atoms with Gasteiger partial charge in [-0.05, 0) is 42.0 Å². The Kier molecular flexibility index (Phi) is 5.92. The molecule has 2 aromatic carbocycles. The zero-order chi connectivity index (χ0) is 17.4. The van der Waals surface area contributed by atoms with E-state index in [1.165, 1.54) is 7.11 Å². The van der Waals surface area contributed by atoms with Gasteiger partial charge in [0.15, 0.2) is 0 Å². The molecule has 0 aliphatic heterocycles. The molecular weight excluding hydrogens is 306 g/mol. The van der Waals surface area contributed by atoms with Crippen LogP contribution in [0.2, 0.25) is 0 Å². The number of rotatable bonds is 6. The van der Waals surface area contributed by atoms with Gasteiger partial charge < -0.3 is 15.4 Å². The van der Waals surface area contributed by atoms with Gasteiger partial charge in [0.25, 0.3) is 0 Å². The number of methoxy groups -OCH3 is 1. The molecule has 0 aliphatic rings. The van der Waals surface area contributed by atoms with Crippen molar-refractivity contribution in [3.8, 4) is 6.07 Å². The van der Waals surface area contributed by atoms with E-state index in [0.717, 1.165) is 11.3 Å². The third-order valence-corrected chi connectivity index (χ3v) is 3.33. The van der Waals surface area contributed by atoms with Crippen LogP contribution >= 0.6 is 0 Å². The highest BCUT2D eigenvalue weighted by atomic mass is 16.5. The van der Waals surface area contributed by atoms with Gasteiger partial charge in [0.2, 0.25) is 5.91 Å². The van der Waals surface area contributed by atoms with Gasteiger partial charge in [-0.3, -0.25) is 4.79 Å². The summed E-state index contributed by atoms with van der Waals surface area (Å²) < 4.78 is 4.63. The topological polar surface area (TPSA) is 91.2 Å². The maximum Gasteiger partial charge on any atom is 0.337 e. The first-order chi connectivity index (χ1) is 11.6. The second-order valence-electron chi connectivity index (χ2n) is 5.01. The molecule has 6 heteroatoms. The Bertz CT molecular complexity index is 747. The summed E-state index contributed by atoms with van der Waals surface area (Å²) in [4.78, 5) is 23.2. The molecule has 0 bridgehead atoms. The average molecular weight is 323 g/mol. The predicted octanol–water partition coefficient (Wildman–Crippen LogP) is 2.07. The quantitative estimate of drug-likeness (QED) is 0.794. The molecule has 0 saturated carbocycles. The van der Waals surface area contributed by atoms with Crippen LogP contribution in [0.15, 0.2) is 48.5 Å². The summed E-state index contributed by atoms with van der Waals surface area (Å²) in [7, 11) is 1.33. The highest BCUT2D eigenvalue weighted by Gasteiger charge is 2.05. The standard InChI is InChI=1S/C18H17N3O3/c1-24-18(23)15-6-2-14(3-7-15)11-21-17(22)12-20-16-8-4-13(10-19)5-9-16/h2-9,20H,11-12H2,1H3,(H,21,22). The second kappa shape index (κ2) is 8.34. The fraction of sp³-hybridized carbons (Fsp3) is 0.167. The van der Waals surface area contributed by atoms with Crippen LogP contribution in [0.5, 0.6) is 0 Å². The summed E-state index contributed by atoms with van der Waals surface area (Å²) in [5.74, 6) is -0.548. The van der Waals surface area contributed by atoms with Gasteiger partial charge in [-0.1, -0.05) is 12.1 Å². The first-order valence-corrected chi connectivity index (χ1v) is 7.30. The van der Waals surface area contributed by atoms with Gasteiger partial charge in [-0.2, -0.15) is 5.26 Å². The minimum Gasteiger partial charge on any atom is -0.465 e. The van der Waals surface area contributed by atoms with E-state index in [9.17, 15) is 9.59 Å². The molecule has 0 atom stereocenters. The molecule has 0 heterocycles. The minimum absolute atomic E-state index is 0.131. The fourth-order valence-electron chi connectivity index (χ4n) is 1.98. The highest BCUT2D eigenvalue weighted by Crippen LogP contribution is 2.08. The Hall–Kier alpha value is -3.33. The smallest absolute Gasteiger partial charge is 0.337 e. The number of nitriles is 1. The Balaban J connectivity index is 1.78. The SMILES string of the molecule is COC(=O)c1ccc(CNC(=O)CNc2ccc(C#N)cc2)cc1. The van der Waals surface area contributed by atoms with E-state index in [2.05, 4.69) is 15.4 Å². The number of carbonyl (C=O) groups is 2. The lowest BCUT2D eigenvalue weighted by molar-refractivity contribution is -0.119. The number of carbonyl (C=O) groups excluding carboxylic acids is 2. The second-order valence-corrected chi connectivity index (χ2v) is 5.01. The number of hydrogen-bond acceptors (Lipinski definition) is 5. The van der Waals surface area contributed by atoms with Gasteiger partial charge in [0, 0.05) is 12.2 Å². The minimum atomic E-state index is -0.391. The number of nitrogens with zero attached hydrogens (tertiary/aromatic N) is 1. The van der Waals surface area contributed by atoms with Crippen molar-refractivity contribution in [1.29, 1.82) is 5.26 Å². The number of ether oxygens (including phenoxy) is 1. The zero-order valence-corrected chi connectivity index (χ0v) is 13.2. The van der Waals surface area contributed by atoms with E-state index in [1.54, 1.807) is 48.5 Å². The Morgan fingerprint density at radius 1 is 1.08 bits per heavy atom. The molecule has 2 aromatic rings. The fourth-order valence-corrected chi connectivity index (χ4v) is 1.98. The lowest BCUT2D eigenvalue weighted by atomic mass is 10.1. The maximum absolute atomic E-state index is 11.8. The summed E-state index contributed by atoms with van der Waals surface area (Å²) in [6.45, 7) is 0.501. The van der Waals surface area contributed by atoms with Gasteiger partial charge >= 0.3 is 5.97 Å². The highest BCUT2D eigenvalue weighted by molar-refractivity contribution is 5.89. The molecule has 0 spiro atoms. The van der Waals surface area contributed by atoms with Gasteiger partial charge in [-0.25, -0.2) is 4.79 Å². The lowest BCUT2D eigenvalue weighted by Gasteiger charge is -2.08. The van der Waals surface area contributed by atoms with E-state index in [0.29, 0.717) is 17.7 Å². The van der Waals surface area contributed by atoms with Crippen LogP contribution in [0.3, 0.4) is 0 Å². The molecule has 2 rings (SSSR count). The maximum atomic E-state index is 11.8. The summed E-state index contributed by atoms with van der Waals surface area (Å²) in [5.41, 5.74) is 2.69.